The summed E-state index contributed by atoms with van der Waals surface area (Å²) >= 11 is -3.82. The predicted molar refractivity (Wildman–Crippen MR) is 244 cm³/mol. The predicted octanol–water partition coefficient (Wildman–Crippen LogP) is 16.3. The molecule has 0 N–H and O–H groups in total. The minimum Gasteiger partial charge on any atom is -0.147 e. The molecule has 0 saturated carbocycles. The molecule has 0 aromatic heterocycles. The summed E-state index contributed by atoms with van der Waals surface area (Å²) in [7, 11) is 0. The van der Waals surface area contributed by atoms with Crippen molar-refractivity contribution < 1.29 is 47.6 Å². The van der Waals surface area contributed by atoms with Gasteiger partial charge in [-0.2, -0.15) is 0 Å². The first kappa shape index (κ1) is 47.2. The molecule has 320 valence electrons. The van der Waals surface area contributed by atoms with Crippen LogP contribution in [0.25, 0.3) is 33.4 Å². The molecule has 6 aromatic carbocycles. The fraction of sp³-hybridized carbons (Fsp3) is 0.226. The number of benzene rings is 6. The second kappa shape index (κ2) is 17.7. The van der Waals surface area contributed by atoms with Crippen molar-refractivity contribution in [1.29, 1.82) is 0 Å². The molecule has 0 nitrogen and oxygen atoms in total. The van der Waals surface area contributed by atoms with E-state index in [2.05, 4.69) is 102 Å². The first-order chi connectivity index (χ1) is 28.3. The molecule has 0 bridgehead atoms. The standard InChI is InChI=1S/C33H33.C15H8F6.C5H5.2ClH.Zr/c1-32(2,3)30-20-26-24(18-28(30)22-13-9-7-10-14-22)17-25-19-29(23-15-11-8-12-16-23)31(21-27(25)26)33(4,5)6;16-14(17,18)12-5-1-3-10(8-12)7-11-4-2-6-13(9-11)15(19,20)21;1-2-4-5-3-1;;;/h7-21H,1-6H3;1-6,8-9H;1-3H,4H2;2*1H;. The molecule has 0 radical (unpaired) electrons. The topological polar surface area (TPSA) is 0 Å². The average Bonchev–Trinajstić information content (AvgIpc) is 3.85. The molecule has 0 fully saturated rings. The monoisotopic (exact) mass is 958 g/mol. The van der Waals surface area contributed by atoms with Gasteiger partial charge in [0.1, 0.15) is 0 Å². The maximum Gasteiger partial charge on any atom is -0.147 e. The van der Waals surface area contributed by atoms with Crippen LogP contribution in [-0.2, 0) is 44.4 Å². The summed E-state index contributed by atoms with van der Waals surface area (Å²) in [5, 5.41) is 0. The van der Waals surface area contributed by atoms with Crippen LogP contribution in [0.4, 0.5) is 26.3 Å². The van der Waals surface area contributed by atoms with Crippen LogP contribution in [0.1, 0.15) is 96.1 Å². The zero-order chi connectivity index (χ0) is 42.8. The molecule has 0 aliphatic heterocycles. The van der Waals surface area contributed by atoms with E-state index in [0.717, 1.165) is 83.2 Å². The van der Waals surface area contributed by atoms with Crippen LogP contribution in [0.5, 0.6) is 0 Å². The second-order valence-electron chi connectivity index (χ2n) is 17.9. The fourth-order valence-corrected chi connectivity index (χ4v) is 17.8. The number of hydrogen-bond donors (Lipinski definition) is 0. The van der Waals surface area contributed by atoms with Gasteiger partial charge in [-0.1, -0.05) is 0 Å². The molecule has 8 rings (SSSR count). The Kier molecular flexibility index (Phi) is 13.5. The third kappa shape index (κ3) is 9.19. The van der Waals surface area contributed by atoms with E-state index < -0.39 is 44.7 Å². The van der Waals surface area contributed by atoms with Crippen molar-refractivity contribution in [2.75, 3.05) is 0 Å². The van der Waals surface area contributed by atoms with Crippen LogP contribution in [0.3, 0.4) is 0 Å². The normalized spacial score (nSPS) is 13.8. The molecule has 0 saturated heterocycles. The number of alkyl halides is 6. The van der Waals surface area contributed by atoms with Crippen molar-refractivity contribution in [1.82, 2.24) is 0 Å². The van der Waals surface area contributed by atoms with Crippen molar-refractivity contribution in [3.8, 4) is 33.4 Å². The molecule has 2 aliphatic rings. The van der Waals surface area contributed by atoms with E-state index in [9.17, 15) is 26.3 Å². The van der Waals surface area contributed by atoms with Gasteiger partial charge in [0, 0.05) is 0 Å². The number of hydrogen-bond acceptors (Lipinski definition) is 0. The maximum atomic E-state index is 14.6. The molecule has 62 heavy (non-hydrogen) atoms. The smallest absolute Gasteiger partial charge is 0.147 e. The van der Waals surface area contributed by atoms with E-state index >= 15 is 0 Å². The fourth-order valence-electron chi connectivity index (χ4n) is 8.93. The number of fused-ring (bicyclic) bond motifs is 3. The van der Waals surface area contributed by atoms with Crippen molar-refractivity contribution in [2.24, 2.45) is 0 Å². The SMILES string of the molecule is CC(C)(C)c1cc2c(cc1-c1ccccc1)[CH]([Zr]([C]1=CC=CC1)=[C](c1cccc(C(F)(F)F)c1)c1cccc(C(F)(F)F)c1)c1cc(-c3ccccc3)c(C(C)(C)C)cc1-2.Cl.Cl. The molecule has 0 atom stereocenters. The van der Waals surface area contributed by atoms with Crippen LogP contribution in [0.15, 0.2) is 155 Å². The third-order valence-corrected chi connectivity index (χ3v) is 20.0. The maximum absolute atomic E-state index is 14.6. The number of allylic oxidation sites excluding steroid dienone is 4. The molecule has 2 aliphatic carbocycles. The zero-order valence-corrected chi connectivity index (χ0v) is 39.4. The van der Waals surface area contributed by atoms with Gasteiger partial charge in [-0.3, -0.25) is 0 Å². The van der Waals surface area contributed by atoms with Crippen molar-refractivity contribution in [3.63, 3.8) is 0 Å². The largest absolute Gasteiger partial charge is 0.147 e. The molecule has 9 heteroatoms. The third-order valence-electron chi connectivity index (χ3n) is 11.7. The molecular formula is C53H48Cl2F6Zr. The van der Waals surface area contributed by atoms with Crippen molar-refractivity contribution in [3.05, 3.63) is 199 Å². The second-order valence-corrected chi connectivity index (χ2v) is 24.2. The molecular weight excluding hydrogens is 913 g/mol. The van der Waals surface area contributed by atoms with Crippen LogP contribution < -0.4 is 0 Å². The Balaban J connectivity index is 0.00000321. The molecule has 0 amide bonds. The Bertz CT molecular complexity index is 2550. The van der Waals surface area contributed by atoms with Crippen LogP contribution >= 0.6 is 24.8 Å². The van der Waals surface area contributed by atoms with E-state index in [1.54, 1.807) is 12.1 Å². The summed E-state index contributed by atoms with van der Waals surface area (Å²) in [5.41, 5.74) is 9.27. The first-order valence-corrected chi connectivity index (χ1v) is 24.1. The first-order valence-electron chi connectivity index (χ1n) is 20.2. The summed E-state index contributed by atoms with van der Waals surface area (Å²) in [6, 6.07) is 40.1. The van der Waals surface area contributed by atoms with Crippen molar-refractivity contribution in [2.45, 2.75) is 74.8 Å². The van der Waals surface area contributed by atoms with E-state index in [1.165, 1.54) is 12.1 Å². The van der Waals surface area contributed by atoms with Gasteiger partial charge >= 0.3 is 358 Å². The summed E-state index contributed by atoms with van der Waals surface area (Å²) in [6.07, 6.45) is -2.61. The quantitative estimate of drug-likeness (QED) is 0.146. The van der Waals surface area contributed by atoms with Gasteiger partial charge in [0.05, 0.1) is 0 Å². The Hall–Kier alpha value is -4.29. The zero-order valence-electron chi connectivity index (χ0n) is 35.3. The van der Waals surface area contributed by atoms with E-state index in [1.807, 2.05) is 42.5 Å². The molecule has 0 heterocycles. The Morgan fingerprint density at radius 3 is 1.27 bits per heavy atom. The number of halogens is 8. The minimum atomic E-state index is -4.65. The summed E-state index contributed by atoms with van der Waals surface area (Å²) in [6.45, 7) is 13.2. The van der Waals surface area contributed by atoms with E-state index in [4.69, 9.17) is 0 Å². The van der Waals surface area contributed by atoms with Gasteiger partial charge in [0.25, 0.3) is 0 Å². The summed E-state index contributed by atoms with van der Waals surface area (Å²) < 4.78 is 88.8. The average molecular weight is 961 g/mol. The molecule has 6 aromatic rings. The van der Waals surface area contributed by atoms with Gasteiger partial charge < -0.3 is 0 Å². The Morgan fingerprint density at radius 2 is 0.919 bits per heavy atom. The van der Waals surface area contributed by atoms with Crippen molar-refractivity contribution >= 4 is 28.0 Å². The van der Waals surface area contributed by atoms with Gasteiger partial charge in [-0.15, -0.1) is 24.8 Å². The molecule has 0 unspecified atom stereocenters. The molecule has 0 spiro atoms. The summed E-state index contributed by atoms with van der Waals surface area (Å²) in [4.78, 5) is 0. The van der Waals surface area contributed by atoms with Gasteiger partial charge in [-0.05, 0) is 0 Å². The van der Waals surface area contributed by atoms with Gasteiger partial charge in [0.15, 0.2) is 0 Å². The van der Waals surface area contributed by atoms with Crippen LogP contribution in [-0.4, -0.2) is 3.21 Å². The summed E-state index contributed by atoms with van der Waals surface area (Å²) in [5.74, 6) is 0. The van der Waals surface area contributed by atoms with Gasteiger partial charge in [0.2, 0.25) is 0 Å². The number of rotatable bonds is 6. The van der Waals surface area contributed by atoms with E-state index in [-0.39, 0.29) is 39.3 Å². The van der Waals surface area contributed by atoms with Crippen LogP contribution in [0, 0.1) is 0 Å². The van der Waals surface area contributed by atoms with Crippen LogP contribution in [0.2, 0.25) is 0 Å². The Morgan fingerprint density at radius 1 is 0.500 bits per heavy atom. The minimum absolute atomic E-state index is 0. The Labute approximate surface area is 380 Å². The van der Waals surface area contributed by atoms with Gasteiger partial charge in [-0.25, -0.2) is 0 Å². The van der Waals surface area contributed by atoms with E-state index in [0.29, 0.717) is 20.8 Å².